The lowest BCUT2D eigenvalue weighted by atomic mass is 10.2. The third kappa shape index (κ3) is 4.17. The van der Waals surface area contributed by atoms with Crippen molar-refractivity contribution in [2.75, 3.05) is 19.6 Å². The third-order valence-electron chi connectivity index (χ3n) is 2.88. The summed E-state index contributed by atoms with van der Waals surface area (Å²) in [6, 6.07) is 10.4. The van der Waals surface area contributed by atoms with E-state index in [4.69, 9.17) is 0 Å². The van der Waals surface area contributed by atoms with Crippen LogP contribution in [0.25, 0.3) is 0 Å². The number of carbonyl (C=O) groups excluding carboxylic acids is 1. The lowest BCUT2D eigenvalue weighted by Gasteiger charge is -2.11. The molecule has 0 radical (unpaired) electrons. The fourth-order valence-corrected chi connectivity index (χ4v) is 1.97. The molecule has 0 aromatic heterocycles. The van der Waals surface area contributed by atoms with E-state index in [0.717, 1.165) is 26.1 Å². The second-order valence-corrected chi connectivity index (χ2v) is 4.35. The van der Waals surface area contributed by atoms with Crippen molar-refractivity contribution in [1.82, 2.24) is 16.0 Å². The van der Waals surface area contributed by atoms with Gasteiger partial charge in [0.2, 0.25) is 5.91 Å². The van der Waals surface area contributed by atoms with Gasteiger partial charge in [0.1, 0.15) is 0 Å². The maximum Gasteiger partial charge on any atom is 0.234 e. The van der Waals surface area contributed by atoms with Gasteiger partial charge in [0.15, 0.2) is 0 Å². The highest BCUT2D eigenvalue weighted by molar-refractivity contribution is 5.78. The van der Waals surface area contributed by atoms with Crippen LogP contribution in [-0.4, -0.2) is 31.6 Å². The van der Waals surface area contributed by atoms with Gasteiger partial charge in [-0.1, -0.05) is 30.3 Å². The average Bonchev–Trinajstić information content (AvgIpc) is 2.83. The molecular weight excluding hydrogens is 214 g/mol. The molecule has 1 unspecified atom stereocenters. The molecule has 3 N–H and O–H groups in total. The van der Waals surface area contributed by atoms with Gasteiger partial charge in [-0.25, -0.2) is 0 Å². The number of hydrogen-bond donors (Lipinski definition) is 3. The number of benzene rings is 1. The van der Waals surface area contributed by atoms with Crippen LogP contribution in [0.5, 0.6) is 0 Å². The Balaban J connectivity index is 1.63. The first kappa shape index (κ1) is 12.1. The van der Waals surface area contributed by atoms with Crippen LogP contribution in [0.4, 0.5) is 0 Å². The highest BCUT2D eigenvalue weighted by atomic mass is 16.2. The molecule has 1 aromatic rings. The van der Waals surface area contributed by atoms with Crippen LogP contribution in [0.2, 0.25) is 0 Å². The SMILES string of the molecule is O=C(CNCc1ccccc1)NC1CCNC1. The van der Waals surface area contributed by atoms with E-state index in [2.05, 4.69) is 16.0 Å². The zero-order valence-corrected chi connectivity index (χ0v) is 9.91. The minimum atomic E-state index is 0.0784. The smallest absolute Gasteiger partial charge is 0.234 e. The van der Waals surface area contributed by atoms with Crippen molar-refractivity contribution in [3.8, 4) is 0 Å². The summed E-state index contributed by atoms with van der Waals surface area (Å²) >= 11 is 0. The lowest BCUT2D eigenvalue weighted by molar-refractivity contribution is -0.120. The molecule has 2 rings (SSSR count). The van der Waals surface area contributed by atoms with Gasteiger partial charge >= 0.3 is 0 Å². The molecule has 1 aliphatic rings. The zero-order chi connectivity index (χ0) is 11.9. The van der Waals surface area contributed by atoms with E-state index in [9.17, 15) is 4.79 Å². The van der Waals surface area contributed by atoms with Crippen LogP contribution in [0.15, 0.2) is 30.3 Å². The van der Waals surface area contributed by atoms with Gasteiger partial charge in [-0.05, 0) is 18.5 Å². The van der Waals surface area contributed by atoms with E-state index < -0.39 is 0 Å². The van der Waals surface area contributed by atoms with Gasteiger partial charge in [0.05, 0.1) is 6.54 Å². The average molecular weight is 233 g/mol. The van der Waals surface area contributed by atoms with Crippen molar-refractivity contribution in [2.24, 2.45) is 0 Å². The minimum absolute atomic E-state index is 0.0784. The predicted molar refractivity (Wildman–Crippen MR) is 67.6 cm³/mol. The Bertz CT molecular complexity index is 347. The standard InChI is InChI=1S/C13H19N3O/c17-13(16-12-6-7-14-9-12)10-15-8-11-4-2-1-3-5-11/h1-5,12,14-15H,6-10H2,(H,16,17). The molecule has 4 heteroatoms. The fraction of sp³-hybridized carbons (Fsp3) is 0.462. The molecule has 1 fully saturated rings. The molecule has 92 valence electrons. The summed E-state index contributed by atoms with van der Waals surface area (Å²) in [6.45, 7) is 3.01. The van der Waals surface area contributed by atoms with Crippen molar-refractivity contribution in [2.45, 2.75) is 19.0 Å². The van der Waals surface area contributed by atoms with Crippen molar-refractivity contribution in [1.29, 1.82) is 0 Å². The minimum Gasteiger partial charge on any atom is -0.351 e. The molecule has 17 heavy (non-hydrogen) atoms. The third-order valence-corrected chi connectivity index (χ3v) is 2.88. The molecule has 1 aliphatic heterocycles. The maximum atomic E-state index is 11.6. The quantitative estimate of drug-likeness (QED) is 0.683. The Labute approximate surface area is 102 Å². The summed E-state index contributed by atoms with van der Waals surface area (Å²) in [6.07, 6.45) is 1.03. The highest BCUT2D eigenvalue weighted by Gasteiger charge is 2.15. The number of rotatable bonds is 5. The zero-order valence-electron chi connectivity index (χ0n) is 9.91. The van der Waals surface area contributed by atoms with Gasteiger partial charge in [0.25, 0.3) is 0 Å². The van der Waals surface area contributed by atoms with Gasteiger partial charge in [0, 0.05) is 19.1 Å². The fourth-order valence-electron chi connectivity index (χ4n) is 1.97. The van der Waals surface area contributed by atoms with Crippen LogP contribution in [0.3, 0.4) is 0 Å². The van der Waals surface area contributed by atoms with Gasteiger partial charge in [-0.15, -0.1) is 0 Å². The molecule has 0 spiro atoms. The molecule has 1 heterocycles. The normalized spacial score (nSPS) is 19.2. The van der Waals surface area contributed by atoms with Crippen LogP contribution < -0.4 is 16.0 Å². The van der Waals surface area contributed by atoms with E-state index in [-0.39, 0.29) is 5.91 Å². The molecule has 0 aliphatic carbocycles. The summed E-state index contributed by atoms with van der Waals surface area (Å²) in [5.41, 5.74) is 1.20. The summed E-state index contributed by atoms with van der Waals surface area (Å²) in [4.78, 5) is 11.6. The summed E-state index contributed by atoms with van der Waals surface area (Å²) in [7, 11) is 0. The summed E-state index contributed by atoms with van der Waals surface area (Å²) in [5, 5.41) is 9.37. The lowest BCUT2D eigenvalue weighted by Crippen LogP contribution is -2.41. The molecular formula is C13H19N3O. The number of carbonyl (C=O) groups is 1. The van der Waals surface area contributed by atoms with Gasteiger partial charge in [-0.2, -0.15) is 0 Å². The highest BCUT2D eigenvalue weighted by Crippen LogP contribution is 1.98. The number of nitrogens with one attached hydrogen (secondary N) is 3. The van der Waals surface area contributed by atoms with E-state index in [1.807, 2.05) is 30.3 Å². The molecule has 1 aromatic carbocycles. The first-order valence-corrected chi connectivity index (χ1v) is 6.09. The molecule has 1 atom stereocenters. The van der Waals surface area contributed by atoms with E-state index >= 15 is 0 Å². The van der Waals surface area contributed by atoms with E-state index in [1.54, 1.807) is 0 Å². The van der Waals surface area contributed by atoms with Crippen molar-refractivity contribution >= 4 is 5.91 Å². The Morgan fingerprint density at radius 3 is 2.88 bits per heavy atom. The molecule has 0 saturated carbocycles. The summed E-state index contributed by atoms with van der Waals surface area (Å²) in [5.74, 6) is 0.0784. The van der Waals surface area contributed by atoms with Crippen molar-refractivity contribution < 1.29 is 4.79 Å². The first-order valence-electron chi connectivity index (χ1n) is 6.09. The monoisotopic (exact) mass is 233 g/mol. The largest absolute Gasteiger partial charge is 0.351 e. The van der Waals surface area contributed by atoms with Crippen LogP contribution in [0.1, 0.15) is 12.0 Å². The molecule has 4 nitrogen and oxygen atoms in total. The Hall–Kier alpha value is -1.39. The van der Waals surface area contributed by atoms with Gasteiger partial charge < -0.3 is 16.0 Å². The molecule has 0 bridgehead atoms. The van der Waals surface area contributed by atoms with Crippen LogP contribution >= 0.6 is 0 Å². The Kier molecular flexibility index (Phi) is 4.53. The predicted octanol–water partition coefficient (Wildman–Crippen LogP) is 0.254. The molecule has 1 saturated heterocycles. The van der Waals surface area contributed by atoms with Crippen molar-refractivity contribution in [3.63, 3.8) is 0 Å². The van der Waals surface area contributed by atoms with E-state index in [1.165, 1.54) is 5.56 Å². The van der Waals surface area contributed by atoms with E-state index in [0.29, 0.717) is 12.6 Å². The summed E-state index contributed by atoms with van der Waals surface area (Å²) < 4.78 is 0. The Morgan fingerprint density at radius 1 is 1.35 bits per heavy atom. The number of hydrogen-bond acceptors (Lipinski definition) is 3. The topological polar surface area (TPSA) is 53.2 Å². The first-order chi connectivity index (χ1) is 8.34. The Morgan fingerprint density at radius 2 is 2.18 bits per heavy atom. The second kappa shape index (κ2) is 6.37. The second-order valence-electron chi connectivity index (χ2n) is 4.35. The maximum absolute atomic E-state index is 11.6. The van der Waals surface area contributed by atoms with Crippen LogP contribution in [-0.2, 0) is 11.3 Å². The number of amides is 1. The van der Waals surface area contributed by atoms with Gasteiger partial charge in [-0.3, -0.25) is 4.79 Å². The van der Waals surface area contributed by atoms with Crippen molar-refractivity contribution in [3.05, 3.63) is 35.9 Å². The van der Waals surface area contributed by atoms with Crippen LogP contribution in [0, 0.1) is 0 Å². The molecule has 1 amide bonds.